The molecule has 0 radical (unpaired) electrons. The number of halogens is 1. The van der Waals surface area contributed by atoms with E-state index in [9.17, 15) is 4.39 Å². The highest BCUT2D eigenvalue weighted by atomic mass is 32.1. The van der Waals surface area contributed by atoms with Gasteiger partial charge >= 0.3 is 0 Å². The highest BCUT2D eigenvalue weighted by molar-refractivity contribution is 7.11. The molecule has 7 heteroatoms. The van der Waals surface area contributed by atoms with Gasteiger partial charge in [-0.2, -0.15) is 0 Å². The average molecular weight is 360 g/mol. The Balaban J connectivity index is 1.73. The summed E-state index contributed by atoms with van der Waals surface area (Å²) in [6.45, 7) is 7.73. The molecule has 0 unspecified atom stereocenters. The summed E-state index contributed by atoms with van der Waals surface area (Å²) in [6, 6.07) is 4.55. The number of fused-ring (bicyclic) bond motifs is 1. The van der Waals surface area contributed by atoms with Gasteiger partial charge in [0.2, 0.25) is 0 Å². The number of aliphatic imine (C=N–C) groups is 1. The quantitative estimate of drug-likeness (QED) is 0.535. The van der Waals surface area contributed by atoms with E-state index >= 15 is 0 Å². The van der Waals surface area contributed by atoms with Crippen LogP contribution in [0.4, 0.5) is 4.39 Å². The van der Waals surface area contributed by atoms with Crippen molar-refractivity contribution < 1.29 is 8.81 Å². The molecule has 0 saturated heterocycles. The van der Waals surface area contributed by atoms with Crippen LogP contribution in [0.5, 0.6) is 0 Å². The van der Waals surface area contributed by atoms with E-state index in [1.165, 1.54) is 17.0 Å². The van der Waals surface area contributed by atoms with Crippen LogP contribution in [-0.4, -0.2) is 17.5 Å². The Morgan fingerprint density at radius 1 is 1.32 bits per heavy atom. The molecule has 5 nitrogen and oxygen atoms in total. The Morgan fingerprint density at radius 3 is 2.88 bits per heavy atom. The molecule has 0 bridgehead atoms. The summed E-state index contributed by atoms with van der Waals surface area (Å²) in [4.78, 5) is 10.1. The predicted octanol–water partition coefficient (Wildman–Crippen LogP) is 3.90. The minimum atomic E-state index is -0.264. The highest BCUT2D eigenvalue weighted by Crippen LogP contribution is 2.26. The van der Waals surface area contributed by atoms with Crippen molar-refractivity contribution in [3.8, 4) is 0 Å². The fourth-order valence-electron chi connectivity index (χ4n) is 2.53. The molecule has 0 aliphatic heterocycles. The summed E-state index contributed by atoms with van der Waals surface area (Å²) < 4.78 is 19.2. The first-order chi connectivity index (χ1) is 12.1. The van der Waals surface area contributed by atoms with E-state index in [1.807, 2.05) is 27.0 Å². The van der Waals surface area contributed by atoms with Crippen LogP contribution in [0.25, 0.3) is 11.0 Å². The van der Waals surface area contributed by atoms with Crippen molar-refractivity contribution in [2.45, 2.75) is 33.9 Å². The topological polar surface area (TPSA) is 62.5 Å². The van der Waals surface area contributed by atoms with Crippen LogP contribution in [0.3, 0.4) is 0 Å². The van der Waals surface area contributed by atoms with E-state index in [-0.39, 0.29) is 5.82 Å². The smallest absolute Gasteiger partial charge is 0.192 e. The van der Waals surface area contributed by atoms with Crippen molar-refractivity contribution in [2.75, 3.05) is 6.54 Å². The highest BCUT2D eigenvalue weighted by Gasteiger charge is 2.11. The van der Waals surface area contributed by atoms with E-state index in [4.69, 9.17) is 4.42 Å². The van der Waals surface area contributed by atoms with Gasteiger partial charge in [-0.15, -0.1) is 11.3 Å². The van der Waals surface area contributed by atoms with E-state index in [0.717, 1.165) is 28.3 Å². The first-order valence-corrected chi connectivity index (χ1v) is 8.99. The minimum absolute atomic E-state index is 0.264. The lowest BCUT2D eigenvalue weighted by molar-refractivity contribution is 0.547. The fraction of sp³-hybridized carbons (Fsp3) is 0.333. The van der Waals surface area contributed by atoms with Crippen LogP contribution in [0.1, 0.15) is 28.1 Å². The molecule has 0 spiro atoms. The van der Waals surface area contributed by atoms with Crippen LogP contribution in [0.2, 0.25) is 0 Å². The van der Waals surface area contributed by atoms with Gasteiger partial charge in [0.25, 0.3) is 0 Å². The Hall–Kier alpha value is -2.41. The normalized spacial score (nSPS) is 11.9. The van der Waals surface area contributed by atoms with Gasteiger partial charge in [0, 0.05) is 28.6 Å². The van der Waals surface area contributed by atoms with Crippen molar-refractivity contribution in [3.05, 3.63) is 51.4 Å². The van der Waals surface area contributed by atoms with Crippen LogP contribution in [0.15, 0.2) is 33.8 Å². The molecule has 2 aromatic heterocycles. The molecule has 3 rings (SSSR count). The Labute approximate surface area is 150 Å². The Morgan fingerprint density at radius 2 is 2.16 bits per heavy atom. The number of thiazole rings is 1. The molecule has 2 N–H and O–H groups in total. The fourth-order valence-corrected chi connectivity index (χ4v) is 3.26. The zero-order valence-corrected chi connectivity index (χ0v) is 15.3. The van der Waals surface area contributed by atoms with Crippen molar-refractivity contribution in [1.82, 2.24) is 15.6 Å². The van der Waals surface area contributed by atoms with Crippen LogP contribution in [-0.2, 0) is 13.1 Å². The molecule has 0 saturated carbocycles. The number of nitrogens with zero attached hydrogens (tertiary/aromatic N) is 2. The second-order valence-corrected chi connectivity index (χ2v) is 7.02. The number of aryl methyl sites for hydroxylation is 2. The lowest BCUT2D eigenvalue weighted by atomic mass is 10.1. The second-order valence-electron chi connectivity index (χ2n) is 5.70. The monoisotopic (exact) mass is 360 g/mol. The van der Waals surface area contributed by atoms with Gasteiger partial charge in [-0.3, -0.25) is 0 Å². The first-order valence-electron chi connectivity index (χ1n) is 8.18. The number of benzene rings is 1. The maximum absolute atomic E-state index is 13.4. The SMILES string of the molecule is CCNC(=NCc1oc2ccc(F)cc2c1C)NCc1ncc(C)s1. The molecule has 0 aliphatic carbocycles. The molecule has 25 heavy (non-hydrogen) atoms. The van der Waals surface area contributed by atoms with Crippen LogP contribution >= 0.6 is 11.3 Å². The number of aromatic nitrogens is 1. The number of rotatable bonds is 5. The molecule has 0 fully saturated rings. The third-order valence-corrected chi connectivity index (χ3v) is 4.71. The van der Waals surface area contributed by atoms with Crippen molar-refractivity contribution >= 4 is 28.3 Å². The summed E-state index contributed by atoms with van der Waals surface area (Å²) in [5, 5.41) is 8.28. The lowest BCUT2D eigenvalue weighted by Crippen LogP contribution is -2.36. The number of guanidine groups is 1. The largest absolute Gasteiger partial charge is 0.459 e. The first kappa shape index (κ1) is 17.4. The molecule has 0 atom stereocenters. The summed E-state index contributed by atoms with van der Waals surface area (Å²) in [5.41, 5.74) is 1.60. The van der Waals surface area contributed by atoms with E-state index < -0.39 is 0 Å². The molecular formula is C18H21FN4OS. The molecule has 2 heterocycles. The predicted molar refractivity (Wildman–Crippen MR) is 99.4 cm³/mol. The van der Waals surface area contributed by atoms with Crippen molar-refractivity contribution in [3.63, 3.8) is 0 Å². The molecule has 132 valence electrons. The molecule has 3 aromatic rings. The van der Waals surface area contributed by atoms with Crippen molar-refractivity contribution in [2.24, 2.45) is 4.99 Å². The second kappa shape index (κ2) is 7.65. The van der Waals surface area contributed by atoms with Gasteiger partial charge in [0.1, 0.15) is 28.7 Å². The molecule has 0 amide bonds. The Kier molecular flexibility index (Phi) is 5.33. The van der Waals surface area contributed by atoms with Crippen LogP contribution in [0, 0.1) is 19.7 Å². The molecular weight excluding hydrogens is 339 g/mol. The van der Waals surface area contributed by atoms with Gasteiger partial charge in [-0.05, 0) is 39.0 Å². The standard InChI is InChI=1S/C18H21FN4OS/c1-4-20-18(23-10-17-21-8-11(2)25-17)22-9-16-12(3)14-7-13(19)5-6-15(14)24-16/h5-8H,4,9-10H2,1-3H3,(H2,20,22,23). The third-order valence-electron chi connectivity index (χ3n) is 3.80. The van der Waals surface area contributed by atoms with Gasteiger partial charge in [0.05, 0.1) is 6.54 Å². The van der Waals surface area contributed by atoms with Gasteiger partial charge < -0.3 is 15.1 Å². The van der Waals surface area contributed by atoms with Gasteiger partial charge in [-0.1, -0.05) is 0 Å². The summed E-state index contributed by atoms with van der Waals surface area (Å²) >= 11 is 1.66. The summed E-state index contributed by atoms with van der Waals surface area (Å²) in [5.74, 6) is 1.17. The summed E-state index contributed by atoms with van der Waals surface area (Å²) in [7, 11) is 0. The zero-order valence-electron chi connectivity index (χ0n) is 14.5. The molecule has 0 aliphatic rings. The molecule has 1 aromatic carbocycles. The van der Waals surface area contributed by atoms with Crippen LogP contribution < -0.4 is 10.6 Å². The summed E-state index contributed by atoms with van der Waals surface area (Å²) in [6.07, 6.45) is 1.86. The van der Waals surface area contributed by atoms with Gasteiger partial charge in [-0.25, -0.2) is 14.4 Å². The lowest BCUT2D eigenvalue weighted by Gasteiger charge is -2.09. The van der Waals surface area contributed by atoms with E-state index in [2.05, 4.69) is 20.6 Å². The number of hydrogen-bond donors (Lipinski definition) is 2. The maximum atomic E-state index is 13.4. The number of furan rings is 1. The third kappa shape index (κ3) is 4.17. The van der Waals surface area contributed by atoms with Gasteiger partial charge in [0.15, 0.2) is 5.96 Å². The average Bonchev–Trinajstić information content (AvgIpc) is 3.14. The number of nitrogens with one attached hydrogen (secondary N) is 2. The zero-order chi connectivity index (χ0) is 17.8. The maximum Gasteiger partial charge on any atom is 0.192 e. The minimum Gasteiger partial charge on any atom is -0.459 e. The van der Waals surface area contributed by atoms with Crippen molar-refractivity contribution in [1.29, 1.82) is 0 Å². The Bertz CT molecular complexity index is 900. The van der Waals surface area contributed by atoms with E-state index in [0.29, 0.717) is 24.6 Å². The van der Waals surface area contributed by atoms with E-state index in [1.54, 1.807) is 17.4 Å². The number of hydrogen-bond acceptors (Lipinski definition) is 4.